The first-order chi connectivity index (χ1) is 12.5. The molecule has 0 aromatic heterocycles. The Bertz CT molecular complexity index is 833. The molecule has 140 valence electrons. The molecule has 1 amide bonds. The van der Waals surface area contributed by atoms with Crippen LogP contribution in [-0.2, 0) is 10.0 Å². The SMILES string of the molecule is CCCCNS(=O)(=O)c1ccc(C(=O)Nc2ccccc2OCC)cc1. The van der Waals surface area contributed by atoms with Gasteiger partial charge in [-0.15, -0.1) is 0 Å². The minimum atomic E-state index is -3.55. The number of sulfonamides is 1. The van der Waals surface area contributed by atoms with Crippen molar-refractivity contribution >= 4 is 21.6 Å². The van der Waals surface area contributed by atoms with E-state index in [-0.39, 0.29) is 10.8 Å². The Kier molecular flexibility index (Phi) is 7.17. The molecule has 0 aliphatic carbocycles. The molecular formula is C19H24N2O4S. The quantitative estimate of drug-likeness (QED) is 0.657. The van der Waals surface area contributed by atoms with Crippen molar-refractivity contribution in [3.8, 4) is 5.75 Å². The summed E-state index contributed by atoms with van der Waals surface area (Å²) in [5.74, 6) is 0.253. The molecule has 0 aliphatic heterocycles. The topological polar surface area (TPSA) is 84.5 Å². The van der Waals surface area contributed by atoms with Crippen LogP contribution in [0, 0.1) is 0 Å². The third-order valence-corrected chi connectivity index (χ3v) is 5.16. The van der Waals surface area contributed by atoms with Gasteiger partial charge in [-0.25, -0.2) is 13.1 Å². The van der Waals surface area contributed by atoms with E-state index in [1.165, 1.54) is 24.3 Å². The molecule has 0 radical (unpaired) electrons. The molecule has 0 spiro atoms. The van der Waals surface area contributed by atoms with Crippen molar-refractivity contribution in [1.82, 2.24) is 4.72 Å². The maximum Gasteiger partial charge on any atom is 0.255 e. The first kappa shape index (κ1) is 19.9. The van der Waals surface area contributed by atoms with E-state index in [1.54, 1.807) is 18.2 Å². The Hall–Kier alpha value is -2.38. The lowest BCUT2D eigenvalue weighted by atomic mass is 10.2. The zero-order chi connectivity index (χ0) is 19.0. The molecule has 0 unspecified atom stereocenters. The van der Waals surface area contributed by atoms with Crippen LogP contribution in [-0.4, -0.2) is 27.5 Å². The smallest absolute Gasteiger partial charge is 0.255 e. The summed E-state index contributed by atoms with van der Waals surface area (Å²) in [6, 6.07) is 13.0. The van der Waals surface area contributed by atoms with Crippen molar-refractivity contribution in [3.63, 3.8) is 0 Å². The molecule has 0 saturated heterocycles. The number of hydrogen-bond acceptors (Lipinski definition) is 4. The molecule has 0 fully saturated rings. The van der Waals surface area contributed by atoms with Crippen molar-refractivity contribution < 1.29 is 17.9 Å². The highest BCUT2D eigenvalue weighted by Crippen LogP contribution is 2.24. The lowest BCUT2D eigenvalue weighted by Crippen LogP contribution is -2.24. The monoisotopic (exact) mass is 376 g/mol. The molecule has 2 aromatic carbocycles. The number of anilines is 1. The highest BCUT2D eigenvalue weighted by molar-refractivity contribution is 7.89. The van der Waals surface area contributed by atoms with Crippen LogP contribution in [0.5, 0.6) is 5.75 Å². The van der Waals surface area contributed by atoms with E-state index >= 15 is 0 Å². The van der Waals surface area contributed by atoms with Crippen LogP contribution >= 0.6 is 0 Å². The highest BCUT2D eigenvalue weighted by atomic mass is 32.2. The van der Waals surface area contributed by atoms with Crippen LogP contribution in [0.3, 0.4) is 0 Å². The summed E-state index contributed by atoms with van der Waals surface area (Å²) in [6.07, 6.45) is 1.68. The van der Waals surface area contributed by atoms with Gasteiger partial charge in [-0.3, -0.25) is 4.79 Å². The molecule has 7 heteroatoms. The predicted octanol–water partition coefficient (Wildman–Crippen LogP) is 3.42. The fraction of sp³-hybridized carbons (Fsp3) is 0.316. The summed E-state index contributed by atoms with van der Waals surface area (Å²) >= 11 is 0. The van der Waals surface area contributed by atoms with Crippen LogP contribution in [0.2, 0.25) is 0 Å². The number of carbonyl (C=O) groups is 1. The van der Waals surface area contributed by atoms with Gasteiger partial charge in [-0.05, 0) is 49.7 Å². The number of hydrogen-bond donors (Lipinski definition) is 2. The molecule has 0 heterocycles. The fourth-order valence-electron chi connectivity index (χ4n) is 2.30. The number of ether oxygens (including phenoxy) is 1. The van der Waals surface area contributed by atoms with Crippen LogP contribution in [0.25, 0.3) is 0 Å². The van der Waals surface area contributed by atoms with E-state index in [1.807, 2.05) is 19.9 Å². The van der Waals surface area contributed by atoms with Crippen molar-refractivity contribution in [2.75, 3.05) is 18.5 Å². The third kappa shape index (κ3) is 5.31. The van der Waals surface area contributed by atoms with Crippen LogP contribution in [0.15, 0.2) is 53.4 Å². The average Bonchev–Trinajstić information content (AvgIpc) is 2.64. The first-order valence-electron chi connectivity index (χ1n) is 8.60. The number of unbranched alkanes of at least 4 members (excludes halogenated alkanes) is 1. The predicted molar refractivity (Wildman–Crippen MR) is 102 cm³/mol. The average molecular weight is 376 g/mol. The van der Waals surface area contributed by atoms with Gasteiger partial charge in [-0.2, -0.15) is 0 Å². The molecule has 6 nitrogen and oxygen atoms in total. The van der Waals surface area contributed by atoms with Crippen LogP contribution < -0.4 is 14.8 Å². The van der Waals surface area contributed by atoms with Crippen LogP contribution in [0.4, 0.5) is 5.69 Å². The van der Waals surface area contributed by atoms with E-state index in [0.29, 0.717) is 30.2 Å². The lowest BCUT2D eigenvalue weighted by molar-refractivity contribution is 0.102. The number of carbonyl (C=O) groups excluding carboxylic acids is 1. The second-order valence-corrected chi connectivity index (χ2v) is 7.43. The van der Waals surface area contributed by atoms with Gasteiger partial charge in [0.2, 0.25) is 10.0 Å². The first-order valence-corrected chi connectivity index (χ1v) is 10.1. The van der Waals surface area contributed by atoms with Gasteiger partial charge in [0.1, 0.15) is 5.75 Å². The summed E-state index contributed by atoms with van der Waals surface area (Å²) in [7, 11) is -3.55. The standard InChI is InChI=1S/C19H24N2O4S/c1-3-5-14-20-26(23,24)16-12-10-15(11-13-16)19(22)21-17-8-6-7-9-18(17)25-4-2/h6-13,20H,3-5,14H2,1-2H3,(H,21,22). The summed E-state index contributed by atoms with van der Waals surface area (Å²) in [6.45, 7) is 4.75. The van der Waals surface area contributed by atoms with Gasteiger partial charge in [0.15, 0.2) is 0 Å². The summed E-state index contributed by atoms with van der Waals surface area (Å²) < 4.78 is 32.4. The van der Waals surface area contributed by atoms with E-state index in [4.69, 9.17) is 4.74 Å². The van der Waals surface area contributed by atoms with Crippen molar-refractivity contribution in [2.24, 2.45) is 0 Å². The number of nitrogens with one attached hydrogen (secondary N) is 2. The van der Waals surface area contributed by atoms with Gasteiger partial charge < -0.3 is 10.1 Å². The van der Waals surface area contributed by atoms with Gasteiger partial charge in [-0.1, -0.05) is 25.5 Å². The molecule has 0 bridgehead atoms. The Morgan fingerprint density at radius 2 is 1.73 bits per heavy atom. The molecule has 0 atom stereocenters. The summed E-state index contributed by atoms with van der Waals surface area (Å²) in [4.78, 5) is 12.5. The molecule has 2 rings (SSSR count). The van der Waals surface area contributed by atoms with Crippen molar-refractivity contribution in [1.29, 1.82) is 0 Å². The zero-order valence-electron chi connectivity index (χ0n) is 15.0. The summed E-state index contributed by atoms with van der Waals surface area (Å²) in [5.41, 5.74) is 0.932. The second kappa shape index (κ2) is 9.35. The van der Waals surface area contributed by atoms with Gasteiger partial charge >= 0.3 is 0 Å². The third-order valence-electron chi connectivity index (χ3n) is 3.68. The van der Waals surface area contributed by atoms with Gasteiger partial charge in [0.05, 0.1) is 17.2 Å². The Morgan fingerprint density at radius 3 is 2.38 bits per heavy atom. The number of para-hydroxylation sites is 2. The maximum absolute atomic E-state index is 12.4. The molecular weight excluding hydrogens is 352 g/mol. The molecule has 2 N–H and O–H groups in total. The maximum atomic E-state index is 12.4. The fourth-order valence-corrected chi connectivity index (χ4v) is 3.37. The van der Waals surface area contributed by atoms with Crippen LogP contribution in [0.1, 0.15) is 37.0 Å². The minimum Gasteiger partial charge on any atom is -0.492 e. The molecule has 26 heavy (non-hydrogen) atoms. The van der Waals surface area contributed by atoms with E-state index < -0.39 is 10.0 Å². The number of benzene rings is 2. The number of rotatable bonds is 9. The van der Waals surface area contributed by atoms with Crippen molar-refractivity contribution in [2.45, 2.75) is 31.6 Å². The normalized spacial score (nSPS) is 11.2. The minimum absolute atomic E-state index is 0.139. The Morgan fingerprint density at radius 1 is 1.04 bits per heavy atom. The molecule has 0 aliphatic rings. The Labute approximate surface area is 154 Å². The zero-order valence-corrected chi connectivity index (χ0v) is 15.8. The van der Waals surface area contributed by atoms with E-state index in [0.717, 1.165) is 12.8 Å². The van der Waals surface area contributed by atoms with Gasteiger partial charge in [0, 0.05) is 12.1 Å². The van der Waals surface area contributed by atoms with Crippen molar-refractivity contribution in [3.05, 3.63) is 54.1 Å². The summed E-state index contributed by atoms with van der Waals surface area (Å²) in [5, 5.41) is 2.78. The number of amides is 1. The van der Waals surface area contributed by atoms with E-state index in [9.17, 15) is 13.2 Å². The van der Waals surface area contributed by atoms with E-state index in [2.05, 4.69) is 10.0 Å². The highest BCUT2D eigenvalue weighted by Gasteiger charge is 2.15. The van der Waals surface area contributed by atoms with Gasteiger partial charge in [0.25, 0.3) is 5.91 Å². The largest absolute Gasteiger partial charge is 0.492 e. The second-order valence-electron chi connectivity index (χ2n) is 5.66. The lowest BCUT2D eigenvalue weighted by Gasteiger charge is -2.11. The Balaban J connectivity index is 2.09. The molecule has 2 aromatic rings. The molecule has 0 saturated carbocycles.